The van der Waals surface area contributed by atoms with Crippen molar-refractivity contribution in [1.29, 1.82) is 0 Å². The van der Waals surface area contributed by atoms with Gasteiger partial charge in [-0.05, 0) is 72.8 Å². The molecule has 17 nitrogen and oxygen atoms in total. The zero-order valence-corrected chi connectivity index (χ0v) is 32.2. The van der Waals surface area contributed by atoms with Crippen LogP contribution in [0.3, 0.4) is 0 Å². The van der Waals surface area contributed by atoms with Crippen molar-refractivity contribution in [3.63, 3.8) is 0 Å². The Morgan fingerprint density at radius 2 is 1.13 bits per heavy atom. The first-order valence-corrected chi connectivity index (χ1v) is 17.9. The number of aromatic carboxylic acids is 1. The van der Waals surface area contributed by atoms with Crippen molar-refractivity contribution < 1.29 is 81.2 Å². The number of ether oxygens (including phenoxy) is 10. The molecule has 4 aromatic rings. The molecule has 4 aromatic carbocycles. The molecular weight excluding hydrogens is 788 g/mol. The van der Waals surface area contributed by atoms with Gasteiger partial charge < -0.3 is 52.5 Å². The number of esters is 5. The third kappa shape index (κ3) is 8.96. The van der Waals surface area contributed by atoms with E-state index in [-0.39, 0.29) is 81.3 Å². The predicted molar refractivity (Wildman–Crippen MR) is 205 cm³/mol. The molecular formula is C43H36O17. The lowest BCUT2D eigenvalue weighted by Crippen LogP contribution is -2.33. The molecule has 60 heavy (non-hydrogen) atoms. The van der Waals surface area contributed by atoms with Gasteiger partial charge in [0.15, 0.2) is 40.6 Å². The first-order valence-electron chi connectivity index (χ1n) is 17.9. The summed E-state index contributed by atoms with van der Waals surface area (Å²) in [5.41, 5.74) is 0.174. The second-order valence-electron chi connectivity index (χ2n) is 12.8. The Kier molecular flexibility index (Phi) is 12.9. The highest BCUT2D eigenvalue weighted by molar-refractivity contribution is 5.95. The molecule has 0 amide bonds. The van der Waals surface area contributed by atoms with Gasteiger partial charge >= 0.3 is 35.8 Å². The Balaban J connectivity index is 1.14. The fraction of sp³-hybridized carbons (Fsp3) is 0.209. The van der Waals surface area contributed by atoms with Gasteiger partial charge in [0.1, 0.15) is 11.9 Å². The number of carbonyl (C=O) groups excluding carboxylic acids is 5. The van der Waals surface area contributed by atoms with Crippen LogP contribution in [0.4, 0.5) is 0 Å². The van der Waals surface area contributed by atoms with Crippen LogP contribution in [0.25, 0.3) is 0 Å². The lowest BCUT2D eigenvalue weighted by Gasteiger charge is -2.22. The lowest BCUT2D eigenvalue weighted by atomic mass is 9.88. The maximum atomic E-state index is 13.4. The van der Waals surface area contributed by atoms with Gasteiger partial charge in [-0.15, -0.1) is 0 Å². The summed E-state index contributed by atoms with van der Waals surface area (Å²) < 4.78 is 55.4. The minimum Gasteiger partial charge on any atom is -0.493 e. The Hall–Kier alpha value is -7.50. The Morgan fingerprint density at radius 1 is 0.600 bits per heavy atom. The van der Waals surface area contributed by atoms with Gasteiger partial charge in [0.05, 0.1) is 62.9 Å². The molecule has 0 radical (unpaired) electrons. The minimum absolute atomic E-state index is 0.0213. The fourth-order valence-electron chi connectivity index (χ4n) is 6.49. The van der Waals surface area contributed by atoms with Crippen LogP contribution in [-0.4, -0.2) is 93.8 Å². The molecule has 310 valence electrons. The van der Waals surface area contributed by atoms with Gasteiger partial charge in [-0.1, -0.05) is 13.2 Å². The van der Waals surface area contributed by atoms with Crippen molar-refractivity contribution >= 4 is 35.8 Å². The van der Waals surface area contributed by atoms with Crippen LogP contribution in [0.2, 0.25) is 0 Å². The van der Waals surface area contributed by atoms with Crippen molar-refractivity contribution in [3.8, 4) is 40.2 Å². The Morgan fingerprint density at radius 3 is 1.73 bits per heavy atom. The molecule has 2 fully saturated rings. The van der Waals surface area contributed by atoms with E-state index in [1.165, 1.54) is 94.1 Å². The minimum atomic E-state index is -1.29. The summed E-state index contributed by atoms with van der Waals surface area (Å²) in [6.07, 6.45) is -0.579. The van der Waals surface area contributed by atoms with Crippen LogP contribution in [-0.2, 0) is 23.8 Å². The summed E-state index contributed by atoms with van der Waals surface area (Å²) in [4.78, 5) is 75.2. The van der Waals surface area contributed by atoms with Crippen molar-refractivity contribution in [1.82, 2.24) is 0 Å². The van der Waals surface area contributed by atoms with Gasteiger partial charge in [0.2, 0.25) is 0 Å². The summed E-state index contributed by atoms with van der Waals surface area (Å²) in [6.45, 7) is 6.51. The Labute approximate surface area is 341 Å². The van der Waals surface area contributed by atoms with E-state index >= 15 is 0 Å². The smallest absolute Gasteiger partial charge is 0.343 e. The van der Waals surface area contributed by atoms with Gasteiger partial charge in [-0.3, -0.25) is 0 Å². The lowest BCUT2D eigenvalue weighted by molar-refractivity contribution is -0.129. The number of carbonyl (C=O) groups is 6. The first-order chi connectivity index (χ1) is 28.9. The van der Waals surface area contributed by atoms with Crippen LogP contribution in [0.5, 0.6) is 40.2 Å². The summed E-state index contributed by atoms with van der Waals surface area (Å²) in [5.74, 6) is -5.65. The quantitative estimate of drug-likeness (QED) is 0.0933. The second-order valence-corrected chi connectivity index (χ2v) is 12.8. The maximum absolute atomic E-state index is 13.4. The van der Waals surface area contributed by atoms with E-state index in [1.807, 2.05) is 0 Å². The van der Waals surface area contributed by atoms with E-state index in [1.54, 1.807) is 0 Å². The predicted octanol–water partition coefficient (Wildman–Crippen LogP) is 5.14. The van der Waals surface area contributed by atoms with Crippen molar-refractivity contribution in [2.45, 2.75) is 24.2 Å². The van der Waals surface area contributed by atoms with E-state index < -0.39 is 60.0 Å². The molecule has 0 saturated carbocycles. The zero-order chi connectivity index (χ0) is 43.1. The standard InChI is InChI=1S/C43H36O17/c1-6-34(44)56-25-12-8-22(9-13-25)41(48)59-30-17-14-26(40(46)47)36(38(30)53-5)27-20-54-39-33(21-55-37(27)39)60-43(50)24-11-16-29(32(19-24)52-4)58-42(49)23-10-15-28(31(18-23)51-3)57-35(45)7-2/h6-19,27,33,37,39H,1-2,20-21H2,3-5H3,(H,46,47)/t27-,33+,37+,39-/m0/s1. The van der Waals surface area contributed by atoms with Crippen LogP contribution >= 0.6 is 0 Å². The van der Waals surface area contributed by atoms with E-state index in [9.17, 15) is 33.9 Å². The molecule has 0 aliphatic carbocycles. The van der Waals surface area contributed by atoms with Crippen molar-refractivity contribution in [2.75, 3.05) is 34.5 Å². The van der Waals surface area contributed by atoms with Gasteiger partial charge in [-0.25, -0.2) is 28.8 Å². The number of carboxylic acid groups (broad SMARTS) is 1. The highest BCUT2D eigenvalue weighted by Gasteiger charge is 2.51. The van der Waals surface area contributed by atoms with Gasteiger partial charge in [0, 0.05) is 23.6 Å². The number of fused-ring (bicyclic) bond motifs is 1. The summed E-state index contributed by atoms with van der Waals surface area (Å²) in [7, 11) is 3.93. The average Bonchev–Trinajstić information content (AvgIpc) is 3.86. The first kappa shape index (κ1) is 42.1. The third-order valence-electron chi connectivity index (χ3n) is 9.29. The molecule has 2 aliphatic rings. The molecule has 4 atom stereocenters. The molecule has 0 aromatic heterocycles. The molecule has 17 heteroatoms. The third-order valence-corrected chi connectivity index (χ3v) is 9.29. The fourth-order valence-corrected chi connectivity index (χ4v) is 6.49. The zero-order valence-electron chi connectivity index (χ0n) is 32.2. The van der Waals surface area contributed by atoms with E-state index in [0.29, 0.717) is 0 Å². The molecule has 0 unspecified atom stereocenters. The molecule has 0 spiro atoms. The molecule has 2 heterocycles. The molecule has 2 aliphatic heterocycles. The van der Waals surface area contributed by atoms with E-state index in [2.05, 4.69) is 13.2 Å². The number of rotatable bonds is 15. The topological polar surface area (TPSA) is 215 Å². The molecule has 6 rings (SSSR count). The van der Waals surface area contributed by atoms with Gasteiger partial charge in [0.25, 0.3) is 0 Å². The van der Waals surface area contributed by atoms with Crippen LogP contribution in [0.1, 0.15) is 52.9 Å². The highest BCUT2D eigenvalue weighted by atomic mass is 16.6. The average molecular weight is 825 g/mol. The number of benzene rings is 4. The van der Waals surface area contributed by atoms with Crippen LogP contribution in [0.15, 0.2) is 98.1 Å². The normalized spacial score (nSPS) is 17.6. The Bertz CT molecular complexity index is 2370. The molecule has 0 bridgehead atoms. The van der Waals surface area contributed by atoms with Crippen LogP contribution < -0.4 is 33.2 Å². The van der Waals surface area contributed by atoms with E-state index in [4.69, 9.17) is 47.4 Å². The number of methoxy groups -OCH3 is 3. The largest absolute Gasteiger partial charge is 0.493 e. The number of carboxylic acids is 1. The van der Waals surface area contributed by atoms with Crippen molar-refractivity contribution in [2.24, 2.45) is 0 Å². The number of hydrogen-bond acceptors (Lipinski definition) is 16. The highest BCUT2D eigenvalue weighted by Crippen LogP contribution is 2.46. The summed E-state index contributed by atoms with van der Waals surface area (Å²) in [6, 6.07) is 16.2. The molecule has 1 N–H and O–H groups in total. The molecule has 2 saturated heterocycles. The second kappa shape index (κ2) is 18.4. The summed E-state index contributed by atoms with van der Waals surface area (Å²) in [5, 5.41) is 10.2. The number of hydrogen-bond donors (Lipinski definition) is 1. The SMILES string of the molecule is C=CC(=O)Oc1ccc(C(=O)Oc2ccc(C(=O)O)c([C@@H]3CO[C@@H]4[C@@H]3OC[C@H]4OC(=O)c3ccc(OC(=O)c4ccc(OC(=O)C=C)c(OC)c4)c(OC)c3)c2OC)cc1. The summed E-state index contributed by atoms with van der Waals surface area (Å²) >= 11 is 0. The maximum Gasteiger partial charge on any atom is 0.343 e. The van der Waals surface area contributed by atoms with Gasteiger partial charge in [-0.2, -0.15) is 0 Å². The monoisotopic (exact) mass is 824 g/mol. The van der Waals surface area contributed by atoms with Crippen molar-refractivity contribution in [3.05, 3.63) is 126 Å². The van der Waals surface area contributed by atoms with Crippen LogP contribution in [0, 0.1) is 0 Å². The van der Waals surface area contributed by atoms with E-state index in [0.717, 1.165) is 12.2 Å².